The zero-order chi connectivity index (χ0) is 9.84. The van der Waals surface area contributed by atoms with Crippen molar-refractivity contribution in [2.24, 2.45) is 0 Å². The van der Waals surface area contributed by atoms with Gasteiger partial charge in [0.15, 0.2) is 0 Å². The first-order valence-electron chi connectivity index (χ1n) is 4.36. The lowest BCUT2D eigenvalue weighted by Gasteiger charge is -2.15. The molecule has 0 saturated carbocycles. The second-order valence-corrected chi connectivity index (χ2v) is 3.61. The van der Waals surface area contributed by atoms with E-state index in [0.717, 1.165) is 29.4 Å². The molecule has 2 nitrogen and oxygen atoms in total. The first-order chi connectivity index (χ1) is 6.13. The lowest BCUT2D eigenvalue weighted by molar-refractivity contribution is 0.346. The molecule has 0 radical (unpaired) electrons. The minimum atomic E-state index is 0.744. The van der Waals surface area contributed by atoms with Gasteiger partial charge in [-0.25, -0.2) is 0 Å². The van der Waals surface area contributed by atoms with Crippen molar-refractivity contribution in [3.05, 3.63) is 28.8 Å². The van der Waals surface area contributed by atoms with Gasteiger partial charge in [-0.15, -0.1) is 0 Å². The van der Waals surface area contributed by atoms with E-state index >= 15 is 0 Å². The smallest absolute Gasteiger partial charge is 0.0410 e. The summed E-state index contributed by atoms with van der Waals surface area (Å²) in [4.78, 5) is 2.18. The van der Waals surface area contributed by atoms with Crippen molar-refractivity contribution in [3.63, 3.8) is 0 Å². The molecule has 0 atom stereocenters. The first kappa shape index (κ1) is 10.4. The number of halogens is 1. The second kappa shape index (κ2) is 4.49. The SMILES string of the molecule is CCN(C)Cc1cc(Cl)ccc1N. The number of rotatable bonds is 3. The quantitative estimate of drug-likeness (QED) is 0.756. The van der Waals surface area contributed by atoms with E-state index in [0.29, 0.717) is 0 Å². The van der Waals surface area contributed by atoms with Crippen molar-refractivity contribution < 1.29 is 0 Å². The Kier molecular flexibility index (Phi) is 3.58. The lowest BCUT2D eigenvalue weighted by Crippen LogP contribution is -2.17. The van der Waals surface area contributed by atoms with Gasteiger partial charge in [-0.05, 0) is 37.4 Å². The molecular weight excluding hydrogens is 184 g/mol. The molecule has 2 N–H and O–H groups in total. The zero-order valence-corrected chi connectivity index (χ0v) is 8.80. The van der Waals surface area contributed by atoms with Gasteiger partial charge in [0, 0.05) is 17.3 Å². The van der Waals surface area contributed by atoms with Gasteiger partial charge in [0.25, 0.3) is 0 Å². The highest BCUT2D eigenvalue weighted by Gasteiger charge is 2.02. The van der Waals surface area contributed by atoms with Crippen LogP contribution < -0.4 is 5.73 Å². The van der Waals surface area contributed by atoms with E-state index in [1.807, 2.05) is 18.2 Å². The number of nitrogens with zero attached hydrogens (tertiary/aromatic N) is 1. The molecule has 72 valence electrons. The van der Waals surface area contributed by atoms with Crippen LogP contribution in [0.5, 0.6) is 0 Å². The molecule has 3 heteroatoms. The van der Waals surface area contributed by atoms with Crippen LogP contribution in [0.4, 0.5) is 5.69 Å². The van der Waals surface area contributed by atoms with Gasteiger partial charge in [-0.1, -0.05) is 18.5 Å². The van der Waals surface area contributed by atoms with Gasteiger partial charge in [-0.3, -0.25) is 0 Å². The molecule has 0 fully saturated rings. The Balaban J connectivity index is 2.81. The standard InChI is InChI=1S/C10H15ClN2/c1-3-13(2)7-8-6-9(11)4-5-10(8)12/h4-6H,3,7,12H2,1-2H3. The van der Waals surface area contributed by atoms with E-state index in [-0.39, 0.29) is 0 Å². The van der Waals surface area contributed by atoms with Crippen molar-refractivity contribution in [2.75, 3.05) is 19.3 Å². The number of nitrogens with two attached hydrogens (primary N) is 1. The fraction of sp³-hybridized carbons (Fsp3) is 0.400. The highest BCUT2D eigenvalue weighted by Crippen LogP contribution is 2.18. The molecular formula is C10H15ClN2. The first-order valence-corrected chi connectivity index (χ1v) is 4.73. The summed E-state index contributed by atoms with van der Waals surface area (Å²) >= 11 is 5.87. The molecule has 0 spiro atoms. The summed E-state index contributed by atoms with van der Waals surface area (Å²) in [5, 5.41) is 0.744. The van der Waals surface area contributed by atoms with Crippen LogP contribution in [0.2, 0.25) is 5.02 Å². The summed E-state index contributed by atoms with van der Waals surface area (Å²) in [6, 6.07) is 5.58. The molecule has 1 aromatic carbocycles. The second-order valence-electron chi connectivity index (χ2n) is 3.17. The predicted molar refractivity (Wildman–Crippen MR) is 57.9 cm³/mol. The van der Waals surface area contributed by atoms with Crippen molar-refractivity contribution in [1.82, 2.24) is 4.90 Å². The molecule has 13 heavy (non-hydrogen) atoms. The molecule has 0 aromatic heterocycles. The molecule has 0 bridgehead atoms. The average molecular weight is 199 g/mol. The fourth-order valence-electron chi connectivity index (χ4n) is 1.11. The van der Waals surface area contributed by atoms with E-state index < -0.39 is 0 Å². The summed E-state index contributed by atoms with van der Waals surface area (Å²) in [5.41, 5.74) is 7.71. The zero-order valence-electron chi connectivity index (χ0n) is 8.05. The molecule has 1 rings (SSSR count). The number of hydrogen-bond acceptors (Lipinski definition) is 2. The Hall–Kier alpha value is -0.730. The normalized spacial score (nSPS) is 10.8. The van der Waals surface area contributed by atoms with Gasteiger partial charge in [0.1, 0.15) is 0 Å². The Bertz CT molecular complexity index is 286. The van der Waals surface area contributed by atoms with Crippen molar-refractivity contribution >= 4 is 17.3 Å². The maximum absolute atomic E-state index is 5.87. The molecule has 0 aliphatic heterocycles. The highest BCUT2D eigenvalue weighted by atomic mass is 35.5. The monoisotopic (exact) mass is 198 g/mol. The van der Waals surface area contributed by atoms with E-state index in [2.05, 4.69) is 18.9 Å². The number of anilines is 1. The topological polar surface area (TPSA) is 29.3 Å². The van der Waals surface area contributed by atoms with Gasteiger partial charge in [0.05, 0.1) is 0 Å². The Morgan fingerprint density at radius 1 is 1.46 bits per heavy atom. The lowest BCUT2D eigenvalue weighted by atomic mass is 10.2. The van der Waals surface area contributed by atoms with Crippen LogP contribution in [0.25, 0.3) is 0 Å². The molecule has 0 amide bonds. The molecule has 0 aliphatic carbocycles. The third kappa shape index (κ3) is 2.90. The highest BCUT2D eigenvalue weighted by molar-refractivity contribution is 6.30. The van der Waals surface area contributed by atoms with Crippen LogP contribution in [-0.2, 0) is 6.54 Å². The van der Waals surface area contributed by atoms with Gasteiger partial charge in [0.2, 0.25) is 0 Å². The minimum Gasteiger partial charge on any atom is -0.398 e. The van der Waals surface area contributed by atoms with Gasteiger partial charge >= 0.3 is 0 Å². The molecule has 1 aromatic rings. The summed E-state index contributed by atoms with van der Waals surface area (Å²) in [6.45, 7) is 3.97. The van der Waals surface area contributed by atoms with E-state index in [1.54, 1.807) is 0 Å². The van der Waals surface area contributed by atoms with Gasteiger partial charge < -0.3 is 10.6 Å². The molecule has 0 saturated heterocycles. The fourth-order valence-corrected chi connectivity index (χ4v) is 1.31. The average Bonchev–Trinajstić information content (AvgIpc) is 2.11. The number of nitrogen functional groups attached to an aromatic ring is 1. The molecule has 0 unspecified atom stereocenters. The van der Waals surface area contributed by atoms with Gasteiger partial charge in [-0.2, -0.15) is 0 Å². The Morgan fingerprint density at radius 3 is 2.77 bits per heavy atom. The number of benzene rings is 1. The van der Waals surface area contributed by atoms with Crippen molar-refractivity contribution in [3.8, 4) is 0 Å². The predicted octanol–water partition coefficient (Wildman–Crippen LogP) is 2.37. The molecule has 0 aliphatic rings. The van der Waals surface area contributed by atoms with Crippen LogP contribution in [0.3, 0.4) is 0 Å². The minimum absolute atomic E-state index is 0.744. The summed E-state index contributed by atoms with van der Waals surface area (Å²) in [6.07, 6.45) is 0. The molecule has 0 heterocycles. The van der Waals surface area contributed by atoms with Crippen LogP contribution in [0.1, 0.15) is 12.5 Å². The largest absolute Gasteiger partial charge is 0.398 e. The van der Waals surface area contributed by atoms with E-state index in [4.69, 9.17) is 17.3 Å². The van der Waals surface area contributed by atoms with Crippen LogP contribution >= 0.6 is 11.6 Å². The van der Waals surface area contributed by atoms with Crippen molar-refractivity contribution in [2.45, 2.75) is 13.5 Å². The van der Waals surface area contributed by atoms with Crippen LogP contribution in [-0.4, -0.2) is 18.5 Å². The number of hydrogen-bond donors (Lipinski definition) is 1. The van der Waals surface area contributed by atoms with E-state index in [1.165, 1.54) is 0 Å². The summed E-state index contributed by atoms with van der Waals surface area (Å²) in [5.74, 6) is 0. The maximum atomic E-state index is 5.87. The third-order valence-electron chi connectivity index (χ3n) is 2.09. The summed E-state index contributed by atoms with van der Waals surface area (Å²) < 4.78 is 0. The van der Waals surface area contributed by atoms with Crippen LogP contribution in [0.15, 0.2) is 18.2 Å². The Labute approximate surface area is 84.3 Å². The maximum Gasteiger partial charge on any atom is 0.0410 e. The third-order valence-corrected chi connectivity index (χ3v) is 2.32. The Morgan fingerprint density at radius 2 is 2.15 bits per heavy atom. The summed E-state index contributed by atoms with van der Waals surface area (Å²) in [7, 11) is 2.06. The van der Waals surface area contributed by atoms with Crippen molar-refractivity contribution in [1.29, 1.82) is 0 Å². The van der Waals surface area contributed by atoms with Crippen LogP contribution in [0, 0.1) is 0 Å². The van der Waals surface area contributed by atoms with E-state index in [9.17, 15) is 0 Å².